The van der Waals surface area contributed by atoms with E-state index in [9.17, 15) is 4.79 Å². The van der Waals surface area contributed by atoms with Gasteiger partial charge in [-0.3, -0.25) is 4.79 Å². The zero-order valence-corrected chi connectivity index (χ0v) is 16.6. The fourth-order valence-electron chi connectivity index (χ4n) is 2.73. The highest BCUT2D eigenvalue weighted by Crippen LogP contribution is 2.27. The van der Waals surface area contributed by atoms with Gasteiger partial charge in [0.15, 0.2) is 23.1 Å². The van der Waals surface area contributed by atoms with Crippen LogP contribution < -0.4 is 20.1 Å². The molecule has 0 saturated heterocycles. The molecule has 0 amide bonds. The maximum atomic E-state index is 11.4. The number of Topliss-reactive ketones (excluding diaryl/α,β-unsaturated/α-hetero) is 1. The molecule has 0 bridgehead atoms. The van der Waals surface area contributed by atoms with Gasteiger partial charge < -0.3 is 20.1 Å². The fourth-order valence-corrected chi connectivity index (χ4v) is 2.73. The largest absolute Gasteiger partial charge is 0.493 e. The molecule has 29 heavy (non-hydrogen) atoms. The first-order valence-corrected chi connectivity index (χ1v) is 9.11. The van der Waals surface area contributed by atoms with Crippen LogP contribution in [0.1, 0.15) is 22.8 Å². The lowest BCUT2D eigenvalue weighted by Gasteiger charge is -2.10. The van der Waals surface area contributed by atoms with Crippen LogP contribution in [0.5, 0.6) is 11.5 Å². The molecule has 0 aliphatic rings. The molecule has 0 saturated carbocycles. The van der Waals surface area contributed by atoms with Gasteiger partial charge in [-0.2, -0.15) is 10.1 Å². The van der Waals surface area contributed by atoms with Crippen LogP contribution in [0.25, 0.3) is 0 Å². The van der Waals surface area contributed by atoms with Gasteiger partial charge in [-0.1, -0.05) is 6.07 Å². The molecule has 3 aromatic rings. The lowest BCUT2D eigenvalue weighted by Crippen LogP contribution is -2.10. The molecule has 0 radical (unpaired) electrons. The SMILES string of the molecule is COc1ccc(CCNc2nncc(Nc3ccc(C(C)=O)cc3)n2)cc1OC. The van der Waals surface area contributed by atoms with Crippen molar-refractivity contribution in [2.75, 3.05) is 31.4 Å². The van der Waals surface area contributed by atoms with E-state index in [2.05, 4.69) is 25.8 Å². The molecule has 8 nitrogen and oxygen atoms in total. The Kier molecular flexibility index (Phi) is 6.57. The Morgan fingerprint density at radius 3 is 2.48 bits per heavy atom. The Morgan fingerprint density at radius 1 is 1.03 bits per heavy atom. The van der Waals surface area contributed by atoms with E-state index < -0.39 is 0 Å². The van der Waals surface area contributed by atoms with Crippen molar-refractivity contribution in [3.05, 3.63) is 59.8 Å². The quantitative estimate of drug-likeness (QED) is 0.533. The van der Waals surface area contributed by atoms with Crippen LogP contribution in [-0.4, -0.2) is 41.7 Å². The Balaban J connectivity index is 1.58. The van der Waals surface area contributed by atoms with E-state index in [1.807, 2.05) is 30.3 Å². The second kappa shape index (κ2) is 9.50. The highest BCUT2D eigenvalue weighted by atomic mass is 16.5. The van der Waals surface area contributed by atoms with E-state index in [0.29, 0.717) is 35.4 Å². The Labute approximate surface area is 169 Å². The molecule has 0 spiro atoms. The molecule has 2 N–H and O–H groups in total. The number of rotatable bonds is 9. The minimum absolute atomic E-state index is 0.0289. The third-order valence-corrected chi connectivity index (χ3v) is 4.27. The lowest BCUT2D eigenvalue weighted by atomic mass is 10.1. The number of hydrogen-bond donors (Lipinski definition) is 2. The smallest absolute Gasteiger partial charge is 0.244 e. The van der Waals surface area contributed by atoms with Gasteiger partial charge in [0.2, 0.25) is 5.95 Å². The number of benzene rings is 2. The normalized spacial score (nSPS) is 10.3. The molecular formula is C21H23N5O3. The van der Waals surface area contributed by atoms with Gasteiger partial charge in [0.1, 0.15) is 0 Å². The summed E-state index contributed by atoms with van der Waals surface area (Å²) in [6, 6.07) is 13.0. The number of carbonyl (C=O) groups is 1. The highest BCUT2D eigenvalue weighted by Gasteiger charge is 2.06. The van der Waals surface area contributed by atoms with Crippen LogP contribution >= 0.6 is 0 Å². The number of aromatic nitrogens is 3. The molecule has 8 heteroatoms. The van der Waals surface area contributed by atoms with Crippen molar-refractivity contribution in [2.45, 2.75) is 13.3 Å². The Bertz CT molecular complexity index is 976. The van der Waals surface area contributed by atoms with Crippen LogP contribution in [0.15, 0.2) is 48.7 Å². The summed E-state index contributed by atoms with van der Waals surface area (Å²) in [7, 11) is 3.23. The topological polar surface area (TPSA) is 98.3 Å². The number of anilines is 3. The lowest BCUT2D eigenvalue weighted by molar-refractivity contribution is 0.101. The maximum Gasteiger partial charge on any atom is 0.244 e. The van der Waals surface area contributed by atoms with Gasteiger partial charge in [0.05, 0.1) is 20.4 Å². The summed E-state index contributed by atoms with van der Waals surface area (Å²) in [5.74, 6) is 2.41. The zero-order chi connectivity index (χ0) is 20.6. The van der Waals surface area contributed by atoms with Crippen molar-refractivity contribution >= 4 is 23.2 Å². The number of nitrogens with one attached hydrogen (secondary N) is 2. The van der Waals surface area contributed by atoms with E-state index >= 15 is 0 Å². The van der Waals surface area contributed by atoms with Crippen molar-refractivity contribution in [3.63, 3.8) is 0 Å². The molecule has 0 fully saturated rings. The van der Waals surface area contributed by atoms with Gasteiger partial charge in [-0.15, -0.1) is 5.10 Å². The molecule has 150 valence electrons. The summed E-state index contributed by atoms with van der Waals surface area (Å²) in [5, 5.41) is 14.3. The summed E-state index contributed by atoms with van der Waals surface area (Å²) in [5.41, 5.74) is 2.57. The molecule has 2 aromatic carbocycles. The van der Waals surface area contributed by atoms with Crippen LogP contribution in [0, 0.1) is 0 Å². The van der Waals surface area contributed by atoms with E-state index in [1.165, 1.54) is 6.92 Å². The summed E-state index contributed by atoms with van der Waals surface area (Å²) in [6.07, 6.45) is 2.30. The first-order chi connectivity index (χ1) is 14.1. The van der Waals surface area contributed by atoms with E-state index in [-0.39, 0.29) is 5.78 Å². The van der Waals surface area contributed by atoms with Crippen LogP contribution in [0.4, 0.5) is 17.5 Å². The van der Waals surface area contributed by atoms with Crippen molar-refractivity contribution in [3.8, 4) is 11.5 Å². The van der Waals surface area contributed by atoms with Gasteiger partial charge in [0.25, 0.3) is 0 Å². The summed E-state index contributed by atoms with van der Waals surface area (Å²) in [6.45, 7) is 2.17. The second-order valence-corrected chi connectivity index (χ2v) is 6.29. The molecule has 0 aliphatic carbocycles. The van der Waals surface area contributed by atoms with E-state index in [4.69, 9.17) is 9.47 Å². The molecule has 3 rings (SSSR count). The first kappa shape index (κ1) is 20.1. The molecular weight excluding hydrogens is 370 g/mol. The van der Waals surface area contributed by atoms with Crippen molar-refractivity contribution in [1.82, 2.24) is 15.2 Å². The van der Waals surface area contributed by atoms with Crippen molar-refractivity contribution in [1.29, 1.82) is 0 Å². The average molecular weight is 393 g/mol. The zero-order valence-electron chi connectivity index (χ0n) is 16.6. The predicted octanol–water partition coefficient (Wildman–Crippen LogP) is 3.49. The Morgan fingerprint density at radius 2 is 1.79 bits per heavy atom. The third kappa shape index (κ3) is 5.41. The number of nitrogens with zero attached hydrogens (tertiary/aromatic N) is 3. The third-order valence-electron chi connectivity index (χ3n) is 4.27. The molecule has 0 atom stereocenters. The summed E-state index contributed by atoms with van der Waals surface area (Å²) < 4.78 is 10.6. The van der Waals surface area contributed by atoms with Gasteiger partial charge >= 0.3 is 0 Å². The number of ether oxygens (including phenoxy) is 2. The van der Waals surface area contributed by atoms with Crippen LogP contribution in [0.2, 0.25) is 0 Å². The molecule has 0 aliphatic heterocycles. The number of ketones is 1. The fraction of sp³-hybridized carbons (Fsp3) is 0.238. The van der Waals surface area contributed by atoms with Crippen molar-refractivity contribution < 1.29 is 14.3 Å². The van der Waals surface area contributed by atoms with Gasteiger partial charge in [-0.05, 0) is 55.3 Å². The summed E-state index contributed by atoms with van der Waals surface area (Å²) in [4.78, 5) is 15.8. The standard InChI is InChI=1S/C21H23N5O3/c1-14(27)16-5-7-17(8-6-16)24-20-13-23-26-21(25-20)22-11-10-15-4-9-18(28-2)19(12-15)29-3/h4-9,12-13H,10-11H2,1-3H3,(H2,22,24,25,26). The van der Waals surface area contributed by atoms with E-state index in [0.717, 1.165) is 17.7 Å². The number of hydrogen-bond acceptors (Lipinski definition) is 8. The molecule has 1 aromatic heterocycles. The summed E-state index contributed by atoms with van der Waals surface area (Å²) >= 11 is 0. The highest BCUT2D eigenvalue weighted by molar-refractivity contribution is 5.94. The van der Waals surface area contributed by atoms with Crippen LogP contribution in [0.3, 0.4) is 0 Å². The van der Waals surface area contributed by atoms with Crippen LogP contribution in [-0.2, 0) is 6.42 Å². The maximum absolute atomic E-state index is 11.4. The first-order valence-electron chi connectivity index (χ1n) is 9.11. The average Bonchev–Trinajstić information content (AvgIpc) is 2.74. The second-order valence-electron chi connectivity index (χ2n) is 6.29. The number of methoxy groups -OCH3 is 2. The monoisotopic (exact) mass is 393 g/mol. The van der Waals surface area contributed by atoms with Gasteiger partial charge in [0, 0.05) is 17.8 Å². The van der Waals surface area contributed by atoms with Crippen molar-refractivity contribution in [2.24, 2.45) is 0 Å². The minimum atomic E-state index is 0.0289. The Hall–Kier alpha value is -3.68. The number of carbonyl (C=O) groups excluding carboxylic acids is 1. The van der Waals surface area contributed by atoms with Gasteiger partial charge in [-0.25, -0.2) is 0 Å². The predicted molar refractivity (Wildman–Crippen MR) is 111 cm³/mol. The molecule has 0 unspecified atom stereocenters. The molecule has 1 heterocycles. The minimum Gasteiger partial charge on any atom is -0.493 e. The van der Waals surface area contributed by atoms with E-state index in [1.54, 1.807) is 32.5 Å².